The van der Waals surface area contributed by atoms with Crippen LogP contribution in [-0.2, 0) is 17.1 Å². The van der Waals surface area contributed by atoms with E-state index in [4.69, 9.17) is 0 Å². The minimum atomic E-state index is -4.92. The van der Waals surface area contributed by atoms with Crippen molar-refractivity contribution in [1.29, 1.82) is 0 Å². The van der Waals surface area contributed by atoms with Crippen LogP contribution in [0.3, 0.4) is 0 Å². The summed E-state index contributed by atoms with van der Waals surface area (Å²) < 4.78 is 78.0. The van der Waals surface area contributed by atoms with E-state index in [9.17, 15) is 36.2 Å². The van der Waals surface area contributed by atoms with E-state index in [0.717, 1.165) is 0 Å². The van der Waals surface area contributed by atoms with Gasteiger partial charge >= 0.3 is 12.4 Å². The van der Waals surface area contributed by atoms with Crippen molar-refractivity contribution in [2.45, 2.75) is 26.2 Å². The number of carbonyl (C=O) groups excluding carboxylic acids is 1. The Morgan fingerprint density at radius 1 is 0.906 bits per heavy atom. The molecule has 0 atom stereocenters. The number of benzene rings is 2. The fraction of sp³-hybridized carbons (Fsp3) is 0.174. The SMILES string of the molecule is C/C(=C/C=C/C(C)=C/C(=O)Nc1ccc(O)cc1)c1cc(C(F)(F)F)cc(C(F)(F)F)c1. The predicted octanol–water partition coefficient (Wildman–Crippen LogP) is 6.97. The molecule has 2 N–H and O–H groups in total. The van der Waals surface area contributed by atoms with Gasteiger partial charge in [0.05, 0.1) is 11.1 Å². The van der Waals surface area contributed by atoms with Crippen molar-refractivity contribution in [3.05, 3.63) is 89.0 Å². The average Bonchev–Trinajstić information content (AvgIpc) is 2.68. The monoisotopic (exact) mass is 455 g/mol. The molecule has 32 heavy (non-hydrogen) atoms. The lowest BCUT2D eigenvalue weighted by molar-refractivity contribution is -0.143. The number of halogens is 6. The number of hydrogen-bond donors (Lipinski definition) is 2. The third kappa shape index (κ3) is 7.33. The van der Waals surface area contributed by atoms with Crippen LogP contribution in [0.1, 0.15) is 30.5 Å². The number of phenols is 1. The lowest BCUT2D eigenvalue weighted by atomic mass is 9.99. The lowest BCUT2D eigenvalue weighted by Gasteiger charge is -2.14. The molecular weight excluding hydrogens is 436 g/mol. The van der Waals surface area contributed by atoms with Crippen molar-refractivity contribution in [1.82, 2.24) is 0 Å². The Hall–Kier alpha value is -3.49. The molecule has 2 aromatic rings. The Morgan fingerprint density at radius 3 is 1.94 bits per heavy atom. The van der Waals surface area contributed by atoms with Crippen LogP contribution in [0, 0.1) is 0 Å². The van der Waals surface area contributed by atoms with E-state index >= 15 is 0 Å². The predicted molar refractivity (Wildman–Crippen MR) is 110 cm³/mol. The fourth-order valence-electron chi connectivity index (χ4n) is 2.60. The highest BCUT2D eigenvalue weighted by Crippen LogP contribution is 2.37. The molecule has 0 heterocycles. The summed E-state index contributed by atoms with van der Waals surface area (Å²) in [7, 11) is 0. The Morgan fingerprint density at radius 2 is 1.44 bits per heavy atom. The van der Waals surface area contributed by atoms with E-state index in [1.165, 1.54) is 55.5 Å². The third-order valence-corrected chi connectivity index (χ3v) is 4.24. The van der Waals surface area contributed by atoms with Crippen LogP contribution in [-0.4, -0.2) is 11.0 Å². The van der Waals surface area contributed by atoms with Crippen LogP contribution >= 0.6 is 0 Å². The van der Waals surface area contributed by atoms with Gasteiger partial charge in [-0.25, -0.2) is 0 Å². The van der Waals surface area contributed by atoms with Gasteiger partial charge < -0.3 is 10.4 Å². The molecule has 2 rings (SSSR count). The van der Waals surface area contributed by atoms with E-state index in [2.05, 4.69) is 5.32 Å². The van der Waals surface area contributed by atoms with E-state index in [-0.39, 0.29) is 23.0 Å². The molecule has 0 aliphatic rings. The second-order valence-electron chi connectivity index (χ2n) is 6.93. The molecule has 0 unspecified atom stereocenters. The molecule has 0 aliphatic carbocycles. The summed E-state index contributed by atoms with van der Waals surface area (Å²) in [5, 5.41) is 11.8. The highest BCUT2D eigenvalue weighted by atomic mass is 19.4. The number of alkyl halides is 6. The molecule has 0 bridgehead atoms. The molecule has 0 radical (unpaired) electrons. The lowest BCUT2D eigenvalue weighted by Crippen LogP contribution is -2.11. The number of allylic oxidation sites excluding steroid dienone is 5. The van der Waals surface area contributed by atoms with Gasteiger partial charge in [0.1, 0.15) is 5.75 Å². The number of anilines is 1. The molecule has 0 saturated carbocycles. The number of phenolic OH excluding ortho intramolecular Hbond substituents is 1. The molecule has 3 nitrogen and oxygen atoms in total. The number of carbonyl (C=O) groups is 1. The van der Waals surface area contributed by atoms with Crippen molar-refractivity contribution < 1.29 is 36.2 Å². The second kappa shape index (κ2) is 9.76. The van der Waals surface area contributed by atoms with Gasteiger partial charge in [0.15, 0.2) is 0 Å². The van der Waals surface area contributed by atoms with Gasteiger partial charge in [-0.05, 0) is 73.0 Å². The maximum Gasteiger partial charge on any atom is 0.416 e. The summed E-state index contributed by atoms with van der Waals surface area (Å²) in [6, 6.07) is 7.19. The maximum atomic E-state index is 13.0. The minimum absolute atomic E-state index is 0.0444. The zero-order valence-electron chi connectivity index (χ0n) is 17.0. The standard InChI is InChI=1S/C23H19F6NO2/c1-14(10-21(32)30-19-6-8-20(31)9-7-19)4-3-5-15(2)16-11-17(22(24,25)26)13-18(12-16)23(27,28)29/h3-13,31H,1-2H3,(H,30,32)/b4-3+,14-10+,15-5-. The quantitative estimate of drug-likeness (QED) is 0.221. The van der Waals surface area contributed by atoms with Gasteiger partial charge in [-0.1, -0.05) is 18.2 Å². The molecule has 0 aromatic heterocycles. The van der Waals surface area contributed by atoms with E-state index in [1.807, 2.05) is 0 Å². The Kier molecular flexibility index (Phi) is 7.56. The van der Waals surface area contributed by atoms with E-state index in [1.54, 1.807) is 6.92 Å². The molecule has 9 heteroatoms. The molecule has 1 amide bonds. The fourth-order valence-corrected chi connectivity index (χ4v) is 2.60. The van der Waals surface area contributed by atoms with Crippen LogP contribution in [0.15, 0.2) is 72.3 Å². The summed E-state index contributed by atoms with van der Waals surface area (Å²) in [4.78, 5) is 12.0. The van der Waals surface area contributed by atoms with Gasteiger partial charge in [0.2, 0.25) is 5.91 Å². The summed E-state index contributed by atoms with van der Waals surface area (Å²) >= 11 is 0. The second-order valence-corrected chi connectivity index (χ2v) is 6.93. The van der Waals surface area contributed by atoms with Gasteiger partial charge in [0.25, 0.3) is 0 Å². The van der Waals surface area contributed by atoms with Crippen molar-refractivity contribution in [3.63, 3.8) is 0 Å². The number of aromatic hydroxyl groups is 1. The zero-order valence-corrected chi connectivity index (χ0v) is 17.0. The normalized spacial score (nSPS) is 13.5. The van der Waals surface area contributed by atoms with Gasteiger partial charge in [0, 0.05) is 11.8 Å². The maximum absolute atomic E-state index is 13.0. The molecule has 0 fully saturated rings. The first-order valence-corrected chi connectivity index (χ1v) is 9.19. The zero-order chi connectivity index (χ0) is 24.1. The first kappa shape index (κ1) is 24.8. The average molecular weight is 455 g/mol. The largest absolute Gasteiger partial charge is 0.508 e. The molecule has 0 saturated heterocycles. The Balaban J connectivity index is 2.19. The number of hydrogen-bond acceptors (Lipinski definition) is 2. The summed E-state index contributed by atoms with van der Waals surface area (Å²) in [5.41, 5.74) is -1.86. The number of nitrogens with one attached hydrogen (secondary N) is 1. The van der Waals surface area contributed by atoms with Gasteiger partial charge in [-0.2, -0.15) is 26.3 Å². The van der Waals surface area contributed by atoms with Gasteiger partial charge in [-0.15, -0.1) is 0 Å². The number of amides is 1. The summed E-state index contributed by atoms with van der Waals surface area (Å²) in [6.45, 7) is 2.98. The van der Waals surface area contributed by atoms with Gasteiger partial charge in [-0.3, -0.25) is 4.79 Å². The first-order chi connectivity index (χ1) is 14.8. The van der Waals surface area contributed by atoms with E-state index in [0.29, 0.717) is 23.4 Å². The van der Waals surface area contributed by atoms with Crippen molar-refractivity contribution in [2.24, 2.45) is 0 Å². The molecule has 2 aromatic carbocycles. The Labute approximate surface area is 180 Å². The highest BCUT2D eigenvalue weighted by Gasteiger charge is 2.36. The van der Waals surface area contributed by atoms with Crippen molar-refractivity contribution in [2.75, 3.05) is 5.32 Å². The topological polar surface area (TPSA) is 49.3 Å². The summed E-state index contributed by atoms with van der Waals surface area (Å²) in [5.74, 6) is -0.408. The molecular formula is C23H19F6NO2. The highest BCUT2D eigenvalue weighted by molar-refractivity contribution is 6.00. The van der Waals surface area contributed by atoms with Crippen LogP contribution in [0.5, 0.6) is 5.75 Å². The number of rotatable bonds is 5. The van der Waals surface area contributed by atoms with Crippen LogP contribution < -0.4 is 5.32 Å². The summed E-state index contributed by atoms with van der Waals surface area (Å²) in [6.07, 6.45) is -4.32. The molecule has 0 spiro atoms. The van der Waals surface area contributed by atoms with Crippen LogP contribution in [0.2, 0.25) is 0 Å². The van der Waals surface area contributed by atoms with E-state index < -0.39 is 29.4 Å². The molecule has 0 aliphatic heterocycles. The Bertz CT molecular complexity index is 1030. The van der Waals surface area contributed by atoms with Crippen LogP contribution in [0.25, 0.3) is 5.57 Å². The smallest absolute Gasteiger partial charge is 0.416 e. The van der Waals surface area contributed by atoms with Crippen molar-refractivity contribution >= 4 is 17.2 Å². The first-order valence-electron chi connectivity index (χ1n) is 9.19. The minimum Gasteiger partial charge on any atom is -0.508 e. The van der Waals surface area contributed by atoms with Crippen LogP contribution in [0.4, 0.5) is 32.0 Å². The molecule has 170 valence electrons. The van der Waals surface area contributed by atoms with Crippen molar-refractivity contribution in [3.8, 4) is 5.75 Å². The third-order valence-electron chi connectivity index (χ3n) is 4.24.